The van der Waals surface area contributed by atoms with E-state index in [4.69, 9.17) is 5.21 Å². The van der Waals surface area contributed by atoms with Crippen molar-refractivity contribution in [1.29, 1.82) is 0 Å². The molecule has 0 saturated heterocycles. The van der Waals surface area contributed by atoms with E-state index in [1.54, 1.807) is 12.1 Å². The number of aliphatic hydroxyl groups is 1. The predicted octanol–water partition coefficient (Wildman–Crippen LogP) is 2.54. The van der Waals surface area contributed by atoms with E-state index in [1.165, 1.54) is 18.0 Å². The fraction of sp³-hybridized carbons (Fsp3) is 0.300. The van der Waals surface area contributed by atoms with Gasteiger partial charge in [0, 0.05) is 5.56 Å². The molecule has 0 aliphatic heterocycles. The highest BCUT2D eigenvalue weighted by atomic mass is 16.5. The van der Waals surface area contributed by atoms with E-state index < -0.39 is 24.0 Å². The van der Waals surface area contributed by atoms with Crippen molar-refractivity contribution in [3.63, 3.8) is 0 Å². The third kappa shape index (κ3) is 5.15. The number of aliphatic hydroxyl groups excluding tert-OH is 1. The summed E-state index contributed by atoms with van der Waals surface area (Å²) < 4.78 is 0. The summed E-state index contributed by atoms with van der Waals surface area (Å²) in [5, 5.41) is 20.6. The second-order valence-electron chi connectivity index (χ2n) is 5.80. The van der Waals surface area contributed by atoms with E-state index in [1.807, 2.05) is 24.3 Å². The maximum atomic E-state index is 12.2. The Morgan fingerprint density at radius 1 is 1.00 bits per heavy atom. The van der Waals surface area contributed by atoms with Crippen LogP contribution in [-0.2, 0) is 11.2 Å². The smallest absolute Gasteiger partial charge is 0.268 e. The third-order valence-corrected chi connectivity index (χ3v) is 4.00. The van der Waals surface area contributed by atoms with Gasteiger partial charge in [-0.25, -0.2) is 5.48 Å². The van der Waals surface area contributed by atoms with Gasteiger partial charge in [-0.15, -0.1) is 0 Å². The van der Waals surface area contributed by atoms with Crippen LogP contribution < -0.4 is 10.8 Å². The SMILES string of the molecule is C.CCc1ccc(-c2ccc(C(=O)N[C@H](C(=O)NO)[C@@H](C)O)cc2)cc1. The zero-order chi connectivity index (χ0) is 18.4. The van der Waals surface area contributed by atoms with Crippen LogP contribution in [0.5, 0.6) is 0 Å². The lowest BCUT2D eigenvalue weighted by Crippen LogP contribution is -2.51. The number of carbonyl (C=O) groups is 2. The first-order valence-corrected chi connectivity index (χ1v) is 8.08. The van der Waals surface area contributed by atoms with E-state index in [0.717, 1.165) is 17.5 Å². The molecule has 26 heavy (non-hydrogen) atoms. The Hall–Kier alpha value is -2.70. The van der Waals surface area contributed by atoms with Gasteiger partial charge in [-0.3, -0.25) is 14.8 Å². The quantitative estimate of drug-likeness (QED) is 0.471. The summed E-state index contributed by atoms with van der Waals surface area (Å²) in [6.07, 6.45) is -0.168. The van der Waals surface area contributed by atoms with Crippen molar-refractivity contribution >= 4 is 11.8 Å². The van der Waals surface area contributed by atoms with Gasteiger partial charge in [0.05, 0.1) is 6.10 Å². The minimum absolute atomic E-state index is 0. The van der Waals surface area contributed by atoms with Gasteiger partial charge in [0.1, 0.15) is 6.04 Å². The molecule has 0 bridgehead atoms. The van der Waals surface area contributed by atoms with Crippen molar-refractivity contribution < 1.29 is 19.9 Å². The van der Waals surface area contributed by atoms with Gasteiger partial charge in [0.2, 0.25) is 0 Å². The van der Waals surface area contributed by atoms with Gasteiger partial charge in [-0.2, -0.15) is 0 Å². The Morgan fingerprint density at radius 2 is 1.50 bits per heavy atom. The molecule has 2 rings (SSSR count). The van der Waals surface area contributed by atoms with Gasteiger partial charge >= 0.3 is 0 Å². The van der Waals surface area contributed by atoms with Crippen molar-refractivity contribution in [3.8, 4) is 11.1 Å². The zero-order valence-corrected chi connectivity index (χ0v) is 14.2. The Morgan fingerprint density at radius 3 is 1.92 bits per heavy atom. The summed E-state index contributed by atoms with van der Waals surface area (Å²) >= 11 is 0. The van der Waals surface area contributed by atoms with E-state index in [9.17, 15) is 14.7 Å². The summed E-state index contributed by atoms with van der Waals surface area (Å²) in [7, 11) is 0. The average molecular weight is 358 g/mol. The van der Waals surface area contributed by atoms with Gasteiger partial charge in [-0.1, -0.05) is 50.7 Å². The summed E-state index contributed by atoms with van der Waals surface area (Å²) in [6.45, 7) is 3.45. The van der Waals surface area contributed by atoms with Gasteiger partial charge in [0.25, 0.3) is 11.8 Å². The minimum atomic E-state index is -1.24. The summed E-state index contributed by atoms with van der Waals surface area (Å²) in [6, 6.07) is 13.9. The van der Waals surface area contributed by atoms with E-state index >= 15 is 0 Å². The summed E-state index contributed by atoms with van der Waals surface area (Å²) in [4.78, 5) is 23.7. The van der Waals surface area contributed by atoms with Gasteiger partial charge < -0.3 is 10.4 Å². The molecule has 6 nitrogen and oxygen atoms in total. The number of hydroxylamine groups is 1. The number of benzene rings is 2. The fourth-order valence-electron chi connectivity index (χ4n) is 2.45. The molecule has 140 valence electrons. The van der Waals surface area contributed by atoms with Crippen LogP contribution in [0, 0.1) is 0 Å². The predicted molar refractivity (Wildman–Crippen MR) is 101 cm³/mol. The molecular formula is C20H26N2O4. The number of hydrogen-bond acceptors (Lipinski definition) is 4. The lowest BCUT2D eigenvalue weighted by molar-refractivity contribution is -0.133. The standard InChI is InChI=1S/C19H22N2O4.CH4/c1-3-13-4-6-14(7-5-13)15-8-10-16(11-9-15)18(23)20-17(12(2)22)19(24)21-25;/h4-12,17,22,25H,3H2,1-2H3,(H,20,23)(H,21,24);1H4/t12-,17+;/m1./s1. The zero-order valence-electron chi connectivity index (χ0n) is 14.2. The molecule has 0 aliphatic rings. The van der Waals surface area contributed by atoms with Gasteiger partial charge in [-0.05, 0) is 42.2 Å². The number of amides is 2. The van der Waals surface area contributed by atoms with Crippen molar-refractivity contribution in [2.45, 2.75) is 39.8 Å². The van der Waals surface area contributed by atoms with Gasteiger partial charge in [0.15, 0.2) is 0 Å². The molecule has 0 aliphatic carbocycles. The topological polar surface area (TPSA) is 98.7 Å². The molecular weight excluding hydrogens is 332 g/mol. The maximum absolute atomic E-state index is 12.2. The third-order valence-electron chi connectivity index (χ3n) is 4.00. The highest BCUT2D eigenvalue weighted by Gasteiger charge is 2.25. The molecule has 2 atom stereocenters. The van der Waals surface area contributed by atoms with Crippen LogP contribution in [0.4, 0.5) is 0 Å². The Balaban J connectivity index is 0.00000338. The highest BCUT2D eigenvalue weighted by molar-refractivity contribution is 5.97. The van der Waals surface area contributed by atoms with Crippen LogP contribution >= 0.6 is 0 Å². The van der Waals surface area contributed by atoms with Crippen molar-refractivity contribution in [2.24, 2.45) is 0 Å². The lowest BCUT2D eigenvalue weighted by Gasteiger charge is -2.19. The molecule has 4 N–H and O–H groups in total. The van der Waals surface area contributed by atoms with E-state index in [2.05, 4.69) is 24.4 Å². The van der Waals surface area contributed by atoms with E-state index in [0.29, 0.717) is 5.56 Å². The molecule has 2 amide bonds. The first kappa shape index (κ1) is 21.3. The highest BCUT2D eigenvalue weighted by Crippen LogP contribution is 2.20. The number of hydrogen-bond donors (Lipinski definition) is 4. The van der Waals surface area contributed by atoms with Crippen molar-refractivity contribution in [3.05, 3.63) is 59.7 Å². The normalized spacial score (nSPS) is 12.5. The molecule has 0 saturated carbocycles. The summed E-state index contributed by atoms with van der Waals surface area (Å²) in [5.41, 5.74) is 5.06. The van der Waals surface area contributed by atoms with Crippen LogP contribution in [0.3, 0.4) is 0 Å². The Kier molecular flexibility index (Phi) is 7.96. The largest absolute Gasteiger partial charge is 0.391 e. The molecule has 0 fully saturated rings. The second-order valence-corrected chi connectivity index (χ2v) is 5.80. The number of rotatable bonds is 6. The van der Waals surface area contributed by atoms with Crippen LogP contribution in [0.15, 0.2) is 48.5 Å². The lowest BCUT2D eigenvalue weighted by atomic mass is 10.0. The Bertz CT molecular complexity index is 724. The maximum Gasteiger partial charge on any atom is 0.268 e. The van der Waals surface area contributed by atoms with Crippen LogP contribution in [-0.4, -0.2) is 34.3 Å². The average Bonchev–Trinajstić information content (AvgIpc) is 2.65. The minimum Gasteiger partial charge on any atom is -0.391 e. The number of aryl methyl sites for hydroxylation is 1. The Labute approximate surface area is 153 Å². The second kappa shape index (κ2) is 9.70. The monoisotopic (exact) mass is 358 g/mol. The fourth-order valence-corrected chi connectivity index (χ4v) is 2.45. The number of nitrogens with one attached hydrogen (secondary N) is 2. The van der Waals surface area contributed by atoms with E-state index in [-0.39, 0.29) is 7.43 Å². The van der Waals surface area contributed by atoms with Crippen LogP contribution in [0.2, 0.25) is 0 Å². The molecule has 0 spiro atoms. The summed E-state index contributed by atoms with van der Waals surface area (Å²) in [5.74, 6) is -1.39. The molecule has 0 heterocycles. The first-order valence-electron chi connectivity index (χ1n) is 8.08. The van der Waals surface area contributed by atoms with Crippen LogP contribution in [0.25, 0.3) is 11.1 Å². The van der Waals surface area contributed by atoms with Crippen molar-refractivity contribution in [1.82, 2.24) is 10.8 Å². The molecule has 2 aromatic carbocycles. The van der Waals surface area contributed by atoms with Crippen LogP contribution in [0.1, 0.15) is 37.2 Å². The first-order chi connectivity index (χ1) is 12.0. The molecule has 0 unspecified atom stereocenters. The molecule has 0 radical (unpaired) electrons. The molecule has 6 heteroatoms. The van der Waals surface area contributed by atoms with Crippen molar-refractivity contribution in [2.75, 3.05) is 0 Å². The molecule has 2 aromatic rings. The molecule has 0 aromatic heterocycles. The number of carbonyl (C=O) groups excluding carboxylic acids is 2.